The van der Waals surface area contributed by atoms with Gasteiger partial charge in [0.1, 0.15) is 0 Å². The summed E-state index contributed by atoms with van der Waals surface area (Å²) in [5.41, 5.74) is 1.02. The second kappa shape index (κ2) is 5.25. The monoisotopic (exact) mass is 274 g/mol. The second-order valence-electron chi connectivity index (χ2n) is 5.29. The van der Waals surface area contributed by atoms with Gasteiger partial charge in [0.05, 0.1) is 0 Å². The molecule has 2 atom stereocenters. The van der Waals surface area contributed by atoms with Crippen LogP contribution < -0.4 is 0 Å². The maximum atomic E-state index is 5.43. The molecule has 2 aromatic heterocycles. The Morgan fingerprint density at radius 1 is 1.37 bits per heavy atom. The van der Waals surface area contributed by atoms with E-state index in [0.29, 0.717) is 12.0 Å². The normalized spacial score (nSPS) is 23.4. The molecule has 3 rings (SSSR count). The molecule has 0 amide bonds. The first-order valence-electron chi connectivity index (χ1n) is 6.84. The Morgan fingerprint density at radius 2 is 2.21 bits per heavy atom. The summed E-state index contributed by atoms with van der Waals surface area (Å²) in [7, 11) is 0. The molecule has 0 aliphatic heterocycles. The van der Waals surface area contributed by atoms with E-state index in [2.05, 4.69) is 26.7 Å². The molecule has 5 heteroatoms. The third-order valence-corrected chi connectivity index (χ3v) is 4.31. The number of aromatic amines is 1. The Hall–Kier alpha value is -1.49. The third kappa shape index (κ3) is 2.34. The van der Waals surface area contributed by atoms with Crippen molar-refractivity contribution in [1.82, 2.24) is 19.7 Å². The van der Waals surface area contributed by atoms with E-state index in [1.54, 1.807) is 6.20 Å². The van der Waals surface area contributed by atoms with Gasteiger partial charge in [-0.3, -0.25) is 14.6 Å². The molecular weight excluding hydrogens is 256 g/mol. The Morgan fingerprint density at radius 3 is 2.95 bits per heavy atom. The standard InChI is InChI=1S/C14H18N4S/c1-10-5-2-3-7-12(10)18-13(16-17-14(18)19)11-6-4-8-15-9-11/h4,6,8-10,12H,2-3,5,7H2,1H3,(H,17,19)/t10-,12+/m1/s1. The molecule has 19 heavy (non-hydrogen) atoms. The van der Waals surface area contributed by atoms with Crippen molar-refractivity contribution in [2.45, 2.75) is 38.6 Å². The van der Waals surface area contributed by atoms with Gasteiger partial charge in [0.15, 0.2) is 10.6 Å². The lowest BCUT2D eigenvalue weighted by Crippen LogP contribution is -2.22. The Labute approximate surface area is 117 Å². The van der Waals surface area contributed by atoms with E-state index >= 15 is 0 Å². The molecule has 100 valence electrons. The molecule has 1 fully saturated rings. The number of rotatable bonds is 2. The highest BCUT2D eigenvalue weighted by atomic mass is 32.1. The van der Waals surface area contributed by atoms with Crippen molar-refractivity contribution in [2.75, 3.05) is 0 Å². The van der Waals surface area contributed by atoms with Gasteiger partial charge in [-0.2, -0.15) is 5.10 Å². The lowest BCUT2D eigenvalue weighted by Gasteiger charge is -2.30. The van der Waals surface area contributed by atoms with Gasteiger partial charge < -0.3 is 0 Å². The van der Waals surface area contributed by atoms with Gasteiger partial charge in [0.25, 0.3) is 0 Å². The molecule has 2 heterocycles. The molecule has 0 unspecified atom stereocenters. The van der Waals surface area contributed by atoms with Crippen LogP contribution in [0.25, 0.3) is 11.4 Å². The van der Waals surface area contributed by atoms with Gasteiger partial charge in [-0.05, 0) is 43.1 Å². The van der Waals surface area contributed by atoms with Crippen LogP contribution >= 0.6 is 12.2 Å². The summed E-state index contributed by atoms with van der Waals surface area (Å²) in [5.74, 6) is 1.56. The number of hydrogen-bond donors (Lipinski definition) is 1. The van der Waals surface area contributed by atoms with Crippen molar-refractivity contribution < 1.29 is 0 Å². The first kappa shape index (κ1) is 12.5. The zero-order chi connectivity index (χ0) is 13.2. The summed E-state index contributed by atoms with van der Waals surface area (Å²) in [6, 6.07) is 4.42. The van der Waals surface area contributed by atoms with Gasteiger partial charge >= 0.3 is 0 Å². The molecule has 1 aliphatic rings. The fourth-order valence-electron chi connectivity index (χ4n) is 2.99. The van der Waals surface area contributed by atoms with Crippen LogP contribution in [-0.2, 0) is 0 Å². The molecular formula is C14H18N4S. The fourth-order valence-corrected chi connectivity index (χ4v) is 3.26. The van der Waals surface area contributed by atoms with E-state index in [1.165, 1.54) is 25.7 Å². The number of H-pyrrole nitrogens is 1. The topological polar surface area (TPSA) is 46.5 Å². The van der Waals surface area contributed by atoms with Crippen LogP contribution in [0, 0.1) is 10.7 Å². The van der Waals surface area contributed by atoms with Gasteiger partial charge in [0, 0.05) is 24.0 Å². The highest BCUT2D eigenvalue weighted by Gasteiger charge is 2.26. The minimum absolute atomic E-state index is 0.454. The zero-order valence-electron chi connectivity index (χ0n) is 11.0. The molecule has 1 N–H and O–H groups in total. The van der Waals surface area contributed by atoms with Crippen molar-refractivity contribution in [1.29, 1.82) is 0 Å². The lowest BCUT2D eigenvalue weighted by atomic mass is 9.85. The molecule has 0 spiro atoms. The maximum absolute atomic E-state index is 5.43. The number of nitrogens with one attached hydrogen (secondary N) is 1. The molecule has 0 aromatic carbocycles. The average molecular weight is 274 g/mol. The van der Waals surface area contributed by atoms with Crippen molar-refractivity contribution in [2.24, 2.45) is 5.92 Å². The van der Waals surface area contributed by atoms with E-state index in [9.17, 15) is 0 Å². The quantitative estimate of drug-likeness (QED) is 0.848. The summed E-state index contributed by atoms with van der Waals surface area (Å²) >= 11 is 5.43. The molecule has 0 bridgehead atoms. The fraction of sp³-hybridized carbons (Fsp3) is 0.500. The smallest absolute Gasteiger partial charge is 0.195 e. The van der Waals surface area contributed by atoms with Crippen LogP contribution in [0.4, 0.5) is 0 Å². The van der Waals surface area contributed by atoms with Crippen LogP contribution in [0.3, 0.4) is 0 Å². The lowest BCUT2D eigenvalue weighted by molar-refractivity contribution is 0.257. The molecule has 1 aliphatic carbocycles. The SMILES string of the molecule is C[C@@H]1CCCC[C@@H]1n1c(-c2cccnc2)n[nH]c1=S. The number of hydrogen-bond acceptors (Lipinski definition) is 3. The minimum Gasteiger partial charge on any atom is -0.297 e. The van der Waals surface area contributed by atoms with E-state index in [-0.39, 0.29) is 0 Å². The predicted octanol–water partition coefficient (Wildman–Crippen LogP) is 3.75. The number of aromatic nitrogens is 4. The zero-order valence-corrected chi connectivity index (χ0v) is 11.9. The first-order valence-corrected chi connectivity index (χ1v) is 7.25. The molecule has 0 saturated heterocycles. The molecule has 2 aromatic rings. The van der Waals surface area contributed by atoms with Gasteiger partial charge in [0.2, 0.25) is 0 Å². The van der Waals surface area contributed by atoms with Gasteiger partial charge in [-0.25, -0.2) is 0 Å². The highest BCUT2D eigenvalue weighted by molar-refractivity contribution is 7.71. The second-order valence-corrected chi connectivity index (χ2v) is 5.68. The Balaban J connectivity index is 2.06. The van der Waals surface area contributed by atoms with Crippen molar-refractivity contribution in [3.8, 4) is 11.4 Å². The minimum atomic E-state index is 0.454. The number of pyridine rings is 1. The Bertz CT molecular complexity index is 601. The summed E-state index contributed by atoms with van der Waals surface area (Å²) < 4.78 is 2.91. The van der Waals surface area contributed by atoms with Gasteiger partial charge in [-0.1, -0.05) is 19.8 Å². The predicted molar refractivity (Wildman–Crippen MR) is 77.3 cm³/mol. The van der Waals surface area contributed by atoms with Crippen LogP contribution in [0.15, 0.2) is 24.5 Å². The van der Waals surface area contributed by atoms with E-state index in [1.807, 2.05) is 18.3 Å². The third-order valence-electron chi connectivity index (χ3n) is 4.02. The van der Waals surface area contributed by atoms with Crippen molar-refractivity contribution in [3.05, 3.63) is 29.3 Å². The van der Waals surface area contributed by atoms with Crippen LogP contribution in [-0.4, -0.2) is 19.7 Å². The van der Waals surface area contributed by atoms with Crippen molar-refractivity contribution in [3.63, 3.8) is 0 Å². The first-order chi connectivity index (χ1) is 9.27. The molecule has 1 saturated carbocycles. The molecule has 4 nitrogen and oxygen atoms in total. The van der Waals surface area contributed by atoms with E-state index in [0.717, 1.165) is 16.2 Å². The highest BCUT2D eigenvalue weighted by Crippen LogP contribution is 2.36. The van der Waals surface area contributed by atoms with Crippen LogP contribution in [0.1, 0.15) is 38.6 Å². The maximum Gasteiger partial charge on any atom is 0.195 e. The van der Waals surface area contributed by atoms with Crippen molar-refractivity contribution >= 4 is 12.2 Å². The van der Waals surface area contributed by atoms with Crippen LogP contribution in [0.2, 0.25) is 0 Å². The number of nitrogens with zero attached hydrogens (tertiary/aromatic N) is 3. The summed E-state index contributed by atoms with van der Waals surface area (Å²) in [5, 5.41) is 7.34. The van der Waals surface area contributed by atoms with E-state index < -0.39 is 0 Å². The van der Waals surface area contributed by atoms with Crippen LogP contribution in [0.5, 0.6) is 0 Å². The van der Waals surface area contributed by atoms with E-state index in [4.69, 9.17) is 12.2 Å². The van der Waals surface area contributed by atoms with Gasteiger partial charge in [-0.15, -0.1) is 0 Å². The molecule has 0 radical (unpaired) electrons. The summed E-state index contributed by atoms with van der Waals surface area (Å²) in [6.07, 6.45) is 8.67. The largest absolute Gasteiger partial charge is 0.297 e. The summed E-state index contributed by atoms with van der Waals surface area (Å²) in [4.78, 5) is 4.17. The summed E-state index contributed by atoms with van der Waals surface area (Å²) in [6.45, 7) is 2.31. The average Bonchev–Trinajstić information content (AvgIpc) is 2.82. The Kier molecular flexibility index (Phi) is 3.46.